The largest absolute Gasteiger partial charge is 0.433 e. The van der Waals surface area contributed by atoms with Crippen molar-refractivity contribution in [1.82, 2.24) is 9.88 Å². The van der Waals surface area contributed by atoms with E-state index in [0.717, 1.165) is 31.1 Å². The van der Waals surface area contributed by atoms with E-state index in [1.807, 2.05) is 6.92 Å². The first-order valence-corrected chi connectivity index (χ1v) is 5.90. The van der Waals surface area contributed by atoms with Crippen LogP contribution in [-0.2, 0) is 6.18 Å². The predicted octanol–water partition coefficient (Wildman–Crippen LogP) is 3.42. The highest BCUT2D eigenvalue weighted by atomic mass is 19.4. The van der Waals surface area contributed by atoms with E-state index in [1.165, 1.54) is 12.3 Å². The molecule has 1 aliphatic rings. The zero-order chi connectivity index (χ0) is 13.2. The molecule has 5 heteroatoms. The third-order valence-electron chi connectivity index (χ3n) is 3.20. The summed E-state index contributed by atoms with van der Waals surface area (Å²) in [7, 11) is 0. The molecule has 18 heavy (non-hydrogen) atoms. The minimum atomic E-state index is -4.37. The average Bonchev–Trinajstić information content (AvgIpc) is 2.38. The van der Waals surface area contributed by atoms with Crippen molar-refractivity contribution in [1.29, 1.82) is 0 Å². The number of hydrogen-bond donors (Lipinski definition) is 0. The second-order valence-electron chi connectivity index (χ2n) is 4.41. The van der Waals surface area contributed by atoms with Gasteiger partial charge in [-0.1, -0.05) is 18.2 Å². The third kappa shape index (κ3) is 2.90. The molecule has 0 spiro atoms. The zero-order valence-electron chi connectivity index (χ0n) is 10.1. The van der Waals surface area contributed by atoms with Gasteiger partial charge in [-0.15, -0.1) is 0 Å². The van der Waals surface area contributed by atoms with E-state index in [2.05, 4.69) is 22.0 Å². The van der Waals surface area contributed by atoms with E-state index in [0.29, 0.717) is 0 Å². The molecular formula is C13H15F3N2. The molecule has 0 aliphatic carbocycles. The Kier molecular flexibility index (Phi) is 3.71. The molecule has 0 bridgehead atoms. The first kappa shape index (κ1) is 13.1. The highest BCUT2D eigenvalue weighted by Crippen LogP contribution is 2.29. The highest BCUT2D eigenvalue weighted by Gasteiger charge is 2.32. The van der Waals surface area contributed by atoms with E-state index in [4.69, 9.17) is 0 Å². The van der Waals surface area contributed by atoms with Crippen LogP contribution in [0.5, 0.6) is 0 Å². The van der Waals surface area contributed by atoms with Crippen LogP contribution in [0.25, 0.3) is 0 Å². The molecule has 0 fully saturated rings. The Morgan fingerprint density at radius 3 is 2.56 bits per heavy atom. The number of nitrogens with zero attached hydrogens (tertiary/aromatic N) is 2. The summed E-state index contributed by atoms with van der Waals surface area (Å²) in [6.07, 6.45) is 2.14. The fourth-order valence-electron chi connectivity index (χ4n) is 2.04. The highest BCUT2D eigenvalue weighted by molar-refractivity contribution is 5.19. The topological polar surface area (TPSA) is 16.1 Å². The van der Waals surface area contributed by atoms with Gasteiger partial charge >= 0.3 is 6.18 Å². The van der Waals surface area contributed by atoms with Crippen molar-refractivity contribution in [3.63, 3.8) is 0 Å². The van der Waals surface area contributed by atoms with Crippen LogP contribution in [0.2, 0.25) is 0 Å². The van der Waals surface area contributed by atoms with E-state index in [-0.39, 0.29) is 6.04 Å². The molecule has 2 nitrogen and oxygen atoms in total. The number of pyridine rings is 1. The van der Waals surface area contributed by atoms with Crippen molar-refractivity contribution in [3.05, 3.63) is 41.7 Å². The molecule has 0 radical (unpaired) electrons. The van der Waals surface area contributed by atoms with Gasteiger partial charge in [0.2, 0.25) is 0 Å². The lowest BCUT2D eigenvalue weighted by molar-refractivity contribution is -0.141. The maximum absolute atomic E-state index is 12.4. The van der Waals surface area contributed by atoms with Crippen LogP contribution in [0.15, 0.2) is 30.5 Å². The molecule has 1 aromatic rings. The molecular weight excluding hydrogens is 241 g/mol. The lowest BCUT2D eigenvalue weighted by Gasteiger charge is -2.29. The Hall–Kier alpha value is -1.36. The smallest absolute Gasteiger partial charge is 0.293 e. The maximum atomic E-state index is 12.4. The minimum absolute atomic E-state index is 0.0877. The Morgan fingerprint density at radius 2 is 2.06 bits per heavy atom. The quantitative estimate of drug-likeness (QED) is 0.754. The molecule has 0 N–H and O–H groups in total. The summed E-state index contributed by atoms with van der Waals surface area (Å²) in [5.74, 6) is 0. The molecule has 0 unspecified atom stereocenters. The number of hydrogen-bond acceptors (Lipinski definition) is 2. The Morgan fingerprint density at radius 1 is 1.28 bits per heavy atom. The SMILES string of the molecule is C[C@H](c1ccc(C(F)(F)F)nc1)N1CC=CCC1. The molecule has 0 aromatic carbocycles. The van der Waals surface area contributed by atoms with Crippen LogP contribution in [0, 0.1) is 0 Å². The molecule has 0 amide bonds. The van der Waals surface area contributed by atoms with Crippen molar-refractivity contribution in [2.45, 2.75) is 25.6 Å². The Bertz CT molecular complexity index is 423. The van der Waals surface area contributed by atoms with Crippen molar-refractivity contribution in [2.75, 3.05) is 13.1 Å². The molecule has 1 aliphatic heterocycles. The Balaban J connectivity index is 2.11. The summed E-state index contributed by atoms with van der Waals surface area (Å²) >= 11 is 0. The minimum Gasteiger partial charge on any atom is -0.293 e. The van der Waals surface area contributed by atoms with Crippen LogP contribution >= 0.6 is 0 Å². The summed E-state index contributed by atoms with van der Waals surface area (Å²) in [4.78, 5) is 5.71. The Labute approximate surface area is 104 Å². The molecule has 0 saturated heterocycles. The number of halogens is 3. The summed E-state index contributed by atoms with van der Waals surface area (Å²) < 4.78 is 37.2. The molecule has 2 rings (SSSR count). The van der Waals surface area contributed by atoms with Gasteiger partial charge in [0, 0.05) is 25.3 Å². The van der Waals surface area contributed by atoms with Crippen LogP contribution in [-0.4, -0.2) is 23.0 Å². The summed E-state index contributed by atoms with van der Waals surface area (Å²) in [6.45, 7) is 3.75. The maximum Gasteiger partial charge on any atom is 0.433 e. The first-order chi connectivity index (χ1) is 8.48. The van der Waals surface area contributed by atoms with Gasteiger partial charge in [-0.3, -0.25) is 9.88 Å². The normalized spacial score (nSPS) is 18.9. The van der Waals surface area contributed by atoms with Gasteiger partial charge in [-0.05, 0) is 25.0 Å². The van der Waals surface area contributed by atoms with Gasteiger partial charge in [0.1, 0.15) is 5.69 Å². The van der Waals surface area contributed by atoms with E-state index < -0.39 is 11.9 Å². The van der Waals surface area contributed by atoms with Crippen LogP contribution in [0.3, 0.4) is 0 Å². The predicted molar refractivity (Wildman–Crippen MR) is 63.0 cm³/mol. The number of rotatable bonds is 2. The van der Waals surface area contributed by atoms with E-state index in [9.17, 15) is 13.2 Å². The number of aromatic nitrogens is 1. The monoisotopic (exact) mass is 256 g/mol. The third-order valence-corrected chi connectivity index (χ3v) is 3.20. The molecule has 1 atom stereocenters. The lowest BCUT2D eigenvalue weighted by Crippen LogP contribution is -2.30. The molecule has 1 aromatic heterocycles. The van der Waals surface area contributed by atoms with Gasteiger partial charge in [-0.2, -0.15) is 13.2 Å². The summed E-state index contributed by atoms with van der Waals surface area (Å²) in [6, 6.07) is 2.65. The van der Waals surface area contributed by atoms with E-state index in [1.54, 1.807) is 0 Å². The van der Waals surface area contributed by atoms with Crippen molar-refractivity contribution in [3.8, 4) is 0 Å². The van der Waals surface area contributed by atoms with Crippen molar-refractivity contribution >= 4 is 0 Å². The van der Waals surface area contributed by atoms with Crippen molar-refractivity contribution in [2.24, 2.45) is 0 Å². The van der Waals surface area contributed by atoms with Crippen LogP contribution < -0.4 is 0 Å². The lowest BCUT2D eigenvalue weighted by atomic mass is 10.1. The second-order valence-corrected chi connectivity index (χ2v) is 4.41. The van der Waals surface area contributed by atoms with Gasteiger partial charge in [-0.25, -0.2) is 0 Å². The number of alkyl halides is 3. The fraction of sp³-hybridized carbons (Fsp3) is 0.462. The second kappa shape index (κ2) is 5.10. The zero-order valence-corrected chi connectivity index (χ0v) is 10.1. The van der Waals surface area contributed by atoms with Gasteiger partial charge in [0.15, 0.2) is 0 Å². The summed E-state index contributed by atoms with van der Waals surface area (Å²) in [5.41, 5.74) is -0.0183. The first-order valence-electron chi connectivity index (χ1n) is 5.90. The van der Waals surface area contributed by atoms with Gasteiger partial charge in [0.25, 0.3) is 0 Å². The van der Waals surface area contributed by atoms with Gasteiger partial charge in [0.05, 0.1) is 0 Å². The van der Waals surface area contributed by atoms with Gasteiger partial charge < -0.3 is 0 Å². The fourth-order valence-corrected chi connectivity index (χ4v) is 2.04. The van der Waals surface area contributed by atoms with Crippen LogP contribution in [0.1, 0.15) is 30.6 Å². The molecule has 0 saturated carbocycles. The van der Waals surface area contributed by atoms with Crippen molar-refractivity contribution < 1.29 is 13.2 Å². The standard InChI is InChI=1S/C13H15F3N2/c1-10(18-7-3-2-4-8-18)11-5-6-12(17-9-11)13(14,15)16/h2-3,5-6,9-10H,4,7-8H2,1H3/t10-/m1/s1. The van der Waals surface area contributed by atoms with Crippen LogP contribution in [0.4, 0.5) is 13.2 Å². The molecule has 2 heterocycles. The average molecular weight is 256 g/mol. The molecule has 98 valence electrons. The van der Waals surface area contributed by atoms with E-state index >= 15 is 0 Å². The summed E-state index contributed by atoms with van der Waals surface area (Å²) in [5, 5.41) is 0.